The third-order valence-corrected chi connectivity index (χ3v) is 7.18. The van der Waals surface area contributed by atoms with Crippen LogP contribution in [0.25, 0.3) is 33.1 Å². The lowest BCUT2D eigenvalue weighted by molar-refractivity contribution is 0.00791. The van der Waals surface area contributed by atoms with Crippen molar-refractivity contribution in [3.8, 4) is 11.1 Å². The third kappa shape index (κ3) is 4.12. The quantitative estimate of drug-likeness (QED) is 0.440. The van der Waals surface area contributed by atoms with Crippen molar-refractivity contribution in [3.63, 3.8) is 0 Å². The van der Waals surface area contributed by atoms with E-state index in [0.717, 1.165) is 91.4 Å². The van der Waals surface area contributed by atoms with Gasteiger partial charge in [-0.3, -0.25) is 4.90 Å². The number of H-pyrrole nitrogens is 1. The van der Waals surface area contributed by atoms with Crippen LogP contribution in [0, 0.1) is 11.6 Å². The van der Waals surface area contributed by atoms with E-state index < -0.39 is 11.6 Å². The molecule has 0 atom stereocenters. The van der Waals surface area contributed by atoms with Gasteiger partial charge in [-0.05, 0) is 61.1 Å². The van der Waals surface area contributed by atoms with Crippen molar-refractivity contribution in [2.24, 2.45) is 0 Å². The van der Waals surface area contributed by atoms with Crippen LogP contribution in [-0.4, -0.2) is 58.2 Å². The number of hydrogen-bond acceptors (Lipinski definition) is 5. The van der Waals surface area contributed by atoms with Gasteiger partial charge in [-0.1, -0.05) is 6.07 Å². The lowest BCUT2D eigenvalue weighted by atomic mass is 9.90. The average molecular weight is 464 g/mol. The summed E-state index contributed by atoms with van der Waals surface area (Å²) >= 11 is 0. The Morgan fingerprint density at radius 1 is 0.912 bits per heavy atom. The molecule has 3 heterocycles. The number of fused-ring (bicyclic) bond motifs is 3. The first-order valence-corrected chi connectivity index (χ1v) is 12.0. The highest BCUT2D eigenvalue weighted by Gasteiger charge is 2.27. The molecule has 1 aliphatic carbocycles. The molecule has 1 aliphatic heterocycles. The molecule has 1 saturated heterocycles. The molecular weight excluding hydrogens is 436 g/mol. The first-order chi connectivity index (χ1) is 16.6. The molecule has 4 aromatic rings. The van der Waals surface area contributed by atoms with Crippen LogP contribution in [0.2, 0.25) is 0 Å². The van der Waals surface area contributed by atoms with Crippen molar-refractivity contribution < 1.29 is 13.5 Å². The summed E-state index contributed by atoms with van der Waals surface area (Å²) in [6, 6.07) is 10.3. The molecule has 1 saturated carbocycles. The minimum Gasteiger partial charge on any atom is -0.379 e. The second-order valence-corrected chi connectivity index (χ2v) is 9.29. The van der Waals surface area contributed by atoms with Crippen molar-refractivity contribution >= 4 is 27.8 Å². The summed E-state index contributed by atoms with van der Waals surface area (Å²) in [5.74, 6) is -0.381. The molecule has 0 spiro atoms. The lowest BCUT2D eigenvalue weighted by Crippen LogP contribution is -2.46. The van der Waals surface area contributed by atoms with Gasteiger partial charge in [0.25, 0.3) is 0 Å². The van der Waals surface area contributed by atoms with Crippen LogP contribution in [0.4, 0.5) is 14.6 Å². The fourth-order valence-corrected chi connectivity index (χ4v) is 5.45. The number of benzene rings is 2. The summed E-state index contributed by atoms with van der Waals surface area (Å²) in [4.78, 5) is 14.9. The van der Waals surface area contributed by atoms with Gasteiger partial charge in [-0.2, -0.15) is 0 Å². The van der Waals surface area contributed by atoms with Gasteiger partial charge in [-0.15, -0.1) is 0 Å². The van der Waals surface area contributed by atoms with E-state index in [1.165, 1.54) is 12.1 Å². The number of aromatic nitrogens is 3. The molecule has 6 rings (SSSR count). The molecule has 2 aliphatic rings. The predicted octanol–water partition coefficient (Wildman–Crippen LogP) is 5.11. The van der Waals surface area contributed by atoms with Crippen LogP contribution in [0.1, 0.15) is 25.7 Å². The monoisotopic (exact) mass is 463 g/mol. The molecule has 34 heavy (non-hydrogen) atoms. The maximum atomic E-state index is 13.8. The number of morpholine rings is 1. The van der Waals surface area contributed by atoms with Crippen LogP contribution in [-0.2, 0) is 4.74 Å². The minimum atomic E-state index is -0.590. The highest BCUT2D eigenvalue weighted by Crippen LogP contribution is 2.34. The second-order valence-electron chi connectivity index (χ2n) is 9.29. The average Bonchev–Trinajstić information content (AvgIpc) is 3.23. The van der Waals surface area contributed by atoms with E-state index in [1.54, 1.807) is 6.33 Å². The Kier molecular flexibility index (Phi) is 5.63. The van der Waals surface area contributed by atoms with Gasteiger partial charge in [0.1, 0.15) is 29.4 Å². The fourth-order valence-electron chi connectivity index (χ4n) is 5.45. The van der Waals surface area contributed by atoms with Crippen LogP contribution >= 0.6 is 0 Å². The summed E-state index contributed by atoms with van der Waals surface area (Å²) in [6.45, 7) is 3.73. The van der Waals surface area contributed by atoms with E-state index in [0.29, 0.717) is 17.6 Å². The van der Waals surface area contributed by atoms with Crippen molar-refractivity contribution in [2.45, 2.75) is 37.8 Å². The van der Waals surface area contributed by atoms with Crippen molar-refractivity contribution in [1.82, 2.24) is 19.9 Å². The molecule has 8 heteroatoms. The fraction of sp³-hybridized carbons (Fsp3) is 0.385. The number of halogens is 2. The smallest absolute Gasteiger partial charge is 0.143 e. The molecular formula is C26H27F2N5O. The predicted molar refractivity (Wildman–Crippen MR) is 129 cm³/mol. The Labute approximate surface area is 196 Å². The minimum absolute atomic E-state index is 0.348. The number of nitrogens with one attached hydrogen (secondary N) is 2. The number of nitrogens with zero attached hydrogens (tertiary/aromatic N) is 3. The van der Waals surface area contributed by atoms with Crippen molar-refractivity contribution in [3.05, 3.63) is 54.4 Å². The Morgan fingerprint density at radius 2 is 1.68 bits per heavy atom. The van der Waals surface area contributed by atoms with Gasteiger partial charge in [0.05, 0.1) is 18.6 Å². The summed E-state index contributed by atoms with van der Waals surface area (Å²) in [5, 5.41) is 5.51. The number of rotatable bonds is 4. The zero-order valence-corrected chi connectivity index (χ0v) is 18.9. The standard InChI is InChI=1S/C26H27F2N5O/c27-18-11-17(12-19(28)14-18)16-1-6-23-22(13-16)24-25(29-15-30-26(24)32-23)31-20-2-4-21(5-3-20)33-7-9-34-10-8-33/h1,6,11-15,20-21H,2-5,7-10H2,(H2,29,30,31,32). The number of hydrogen-bond donors (Lipinski definition) is 2. The zero-order chi connectivity index (χ0) is 23.1. The van der Waals surface area contributed by atoms with E-state index in [4.69, 9.17) is 4.74 Å². The van der Waals surface area contributed by atoms with Gasteiger partial charge in [0.2, 0.25) is 0 Å². The lowest BCUT2D eigenvalue weighted by Gasteiger charge is -2.39. The van der Waals surface area contributed by atoms with Gasteiger partial charge < -0.3 is 15.0 Å². The van der Waals surface area contributed by atoms with Gasteiger partial charge in [0, 0.05) is 42.1 Å². The Hall–Kier alpha value is -3.10. The molecule has 2 fully saturated rings. The first-order valence-electron chi connectivity index (χ1n) is 12.0. The van der Waals surface area contributed by atoms with E-state index >= 15 is 0 Å². The Balaban J connectivity index is 1.28. The molecule has 2 aromatic heterocycles. The normalized spacial score (nSPS) is 21.8. The summed E-state index contributed by atoms with van der Waals surface area (Å²) in [5.41, 5.74) is 2.90. The Morgan fingerprint density at radius 3 is 2.44 bits per heavy atom. The van der Waals surface area contributed by atoms with Crippen LogP contribution in [0.15, 0.2) is 42.7 Å². The van der Waals surface area contributed by atoms with Crippen LogP contribution in [0.3, 0.4) is 0 Å². The Bertz CT molecular complexity index is 1310. The number of aromatic amines is 1. The van der Waals surface area contributed by atoms with E-state index in [2.05, 4.69) is 25.2 Å². The third-order valence-electron chi connectivity index (χ3n) is 7.18. The molecule has 0 bridgehead atoms. The summed E-state index contributed by atoms with van der Waals surface area (Å²) in [6.07, 6.45) is 6.07. The maximum Gasteiger partial charge on any atom is 0.143 e. The van der Waals surface area contributed by atoms with Gasteiger partial charge in [-0.25, -0.2) is 18.7 Å². The molecule has 0 unspecified atom stereocenters. The zero-order valence-electron chi connectivity index (χ0n) is 18.9. The molecule has 176 valence electrons. The highest BCUT2D eigenvalue weighted by molar-refractivity contribution is 6.12. The van der Waals surface area contributed by atoms with E-state index in [9.17, 15) is 8.78 Å². The van der Waals surface area contributed by atoms with Crippen LogP contribution in [0.5, 0.6) is 0 Å². The topological polar surface area (TPSA) is 66.1 Å². The molecule has 0 amide bonds. The molecule has 0 radical (unpaired) electrons. The van der Waals surface area contributed by atoms with Gasteiger partial charge >= 0.3 is 0 Å². The van der Waals surface area contributed by atoms with Crippen LogP contribution < -0.4 is 5.32 Å². The van der Waals surface area contributed by atoms with Crippen molar-refractivity contribution in [1.29, 1.82) is 0 Å². The summed E-state index contributed by atoms with van der Waals surface area (Å²) < 4.78 is 33.1. The van der Waals surface area contributed by atoms with Gasteiger partial charge in [0.15, 0.2) is 0 Å². The van der Waals surface area contributed by atoms with E-state index in [1.807, 2.05) is 18.2 Å². The molecule has 6 nitrogen and oxygen atoms in total. The largest absolute Gasteiger partial charge is 0.379 e. The first kappa shape index (κ1) is 21.4. The highest BCUT2D eigenvalue weighted by atomic mass is 19.1. The number of anilines is 1. The van der Waals surface area contributed by atoms with E-state index in [-0.39, 0.29) is 0 Å². The molecule has 2 aromatic carbocycles. The second kappa shape index (κ2) is 8.92. The van der Waals surface area contributed by atoms with Crippen molar-refractivity contribution in [2.75, 3.05) is 31.6 Å². The maximum absolute atomic E-state index is 13.8. The SMILES string of the molecule is Fc1cc(F)cc(-c2ccc3[nH]c4ncnc(NC5CCC(N6CCOCC6)CC5)c4c3c2)c1. The molecule has 2 N–H and O–H groups in total. The number of ether oxygens (including phenoxy) is 1. The summed E-state index contributed by atoms with van der Waals surface area (Å²) in [7, 11) is 0.